The van der Waals surface area contributed by atoms with E-state index >= 15 is 0 Å². The number of anilines is 1. The lowest BCUT2D eigenvalue weighted by atomic mass is 10.2. The zero-order valence-corrected chi connectivity index (χ0v) is 15.9. The maximum absolute atomic E-state index is 12.8. The molecule has 4 heteroatoms. The van der Waals surface area contributed by atoms with Gasteiger partial charge < -0.3 is 10.2 Å². The largest absolute Gasteiger partial charge is 0.322 e. The van der Waals surface area contributed by atoms with Crippen LogP contribution in [0.25, 0.3) is 0 Å². The monoisotopic (exact) mass is 442 g/mol. The molecule has 0 atom stereocenters. The normalized spacial score (nSPS) is 10.3. The number of rotatable bonds is 5. The molecule has 3 aromatic carbocycles. The van der Waals surface area contributed by atoms with Gasteiger partial charge in [0.1, 0.15) is 0 Å². The second-order valence-corrected chi connectivity index (χ2v) is 7.01. The van der Waals surface area contributed by atoms with Crippen LogP contribution in [0.1, 0.15) is 11.1 Å². The maximum atomic E-state index is 12.8. The van der Waals surface area contributed by atoms with Crippen LogP contribution in [0, 0.1) is 3.57 Å². The third kappa shape index (κ3) is 5.32. The average molecular weight is 442 g/mol. The van der Waals surface area contributed by atoms with Crippen LogP contribution in [0.2, 0.25) is 0 Å². The average Bonchev–Trinajstić information content (AvgIpc) is 2.65. The standard InChI is InChI=1S/C21H19IN2O/c22-19-11-13-20(14-12-19)23-21(25)24(15-17-7-3-1-4-8-17)16-18-9-5-2-6-10-18/h1-14H,15-16H2,(H,23,25). The summed E-state index contributed by atoms with van der Waals surface area (Å²) in [6, 6.07) is 27.8. The Morgan fingerprint density at radius 2 is 1.24 bits per heavy atom. The summed E-state index contributed by atoms with van der Waals surface area (Å²) >= 11 is 2.25. The van der Waals surface area contributed by atoms with Gasteiger partial charge in [0.05, 0.1) is 0 Å². The summed E-state index contributed by atoms with van der Waals surface area (Å²) in [6.07, 6.45) is 0. The van der Waals surface area contributed by atoms with Gasteiger partial charge in [0.2, 0.25) is 0 Å². The molecule has 0 spiro atoms. The van der Waals surface area contributed by atoms with Crippen molar-refractivity contribution in [1.29, 1.82) is 0 Å². The molecule has 0 aromatic heterocycles. The molecule has 3 aromatic rings. The smallest absolute Gasteiger partial charge is 0.316 e. The number of carbonyl (C=O) groups is 1. The quantitative estimate of drug-likeness (QED) is 0.519. The first-order chi connectivity index (χ1) is 12.2. The van der Waals surface area contributed by atoms with Crippen molar-refractivity contribution in [3.05, 3.63) is 99.6 Å². The first-order valence-corrected chi connectivity index (χ1v) is 9.18. The van der Waals surface area contributed by atoms with Crippen molar-refractivity contribution in [1.82, 2.24) is 4.90 Å². The number of amides is 2. The van der Waals surface area contributed by atoms with Crippen LogP contribution in [0.4, 0.5) is 10.5 Å². The maximum Gasteiger partial charge on any atom is 0.322 e. The molecule has 0 saturated carbocycles. The highest BCUT2D eigenvalue weighted by Crippen LogP contribution is 2.15. The Bertz CT molecular complexity index is 763. The summed E-state index contributed by atoms with van der Waals surface area (Å²) in [6.45, 7) is 1.12. The minimum Gasteiger partial charge on any atom is -0.316 e. The van der Waals surface area contributed by atoms with E-state index in [9.17, 15) is 4.79 Å². The molecule has 0 aliphatic carbocycles. The summed E-state index contributed by atoms with van der Waals surface area (Å²) in [5.41, 5.74) is 3.02. The van der Waals surface area contributed by atoms with Crippen molar-refractivity contribution in [2.24, 2.45) is 0 Å². The minimum atomic E-state index is -0.103. The predicted octanol–water partition coefficient (Wildman–Crippen LogP) is 5.53. The lowest BCUT2D eigenvalue weighted by Gasteiger charge is -2.23. The van der Waals surface area contributed by atoms with Crippen molar-refractivity contribution < 1.29 is 4.79 Å². The van der Waals surface area contributed by atoms with E-state index in [1.165, 1.54) is 0 Å². The number of nitrogens with one attached hydrogen (secondary N) is 1. The topological polar surface area (TPSA) is 32.3 Å². The molecule has 0 fully saturated rings. The van der Waals surface area contributed by atoms with Crippen LogP contribution in [0.3, 0.4) is 0 Å². The van der Waals surface area contributed by atoms with Gasteiger partial charge in [-0.15, -0.1) is 0 Å². The Balaban J connectivity index is 1.76. The highest BCUT2D eigenvalue weighted by Gasteiger charge is 2.15. The Hall–Kier alpha value is -2.34. The van der Waals surface area contributed by atoms with Crippen molar-refractivity contribution in [3.8, 4) is 0 Å². The molecule has 3 nitrogen and oxygen atoms in total. The van der Waals surface area contributed by atoms with Crippen LogP contribution in [0.15, 0.2) is 84.9 Å². The lowest BCUT2D eigenvalue weighted by Crippen LogP contribution is -2.34. The van der Waals surface area contributed by atoms with E-state index in [0.717, 1.165) is 20.4 Å². The van der Waals surface area contributed by atoms with Gasteiger partial charge in [-0.2, -0.15) is 0 Å². The molecule has 3 rings (SSSR count). The third-order valence-corrected chi connectivity index (χ3v) is 4.53. The molecule has 1 N–H and O–H groups in total. The van der Waals surface area contributed by atoms with Crippen LogP contribution in [0.5, 0.6) is 0 Å². The highest BCUT2D eigenvalue weighted by atomic mass is 127. The second-order valence-electron chi connectivity index (χ2n) is 5.76. The van der Waals surface area contributed by atoms with Crippen LogP contribution in [-0.2, 0) is 13.1 Å². The van der Waals surface area contributed by atoms with Gasteiger partial charge in [-0.1, -0.05) is 60.7 Å². The van der Waals surface area contributed by atoms with Gasteiger partial charge in [-0.05, 0) is 58.0 Å². The molecule has 0 heterocycles. The number of hydrogen-bond donors (Lipinski definition) is 1. The van der Waals surface area contributed by atoms with Gasteiger partial charge >= 0.3 is 6.03 Å². The Kier molecular flexibility index (Phi) is 6.06. The SMILES string of the molecule is O=C(Nc1ccc(I)cc1)N(Cc1ccccc1)Cc1ccccc1. The molecular formula is C21H19IN2O. The van der Waals surface area contributed by atoms with E-state index in [1.807, 2.05) is 89.8 Å². The number of hydrogen-bond acceptors (Lipinski definition) is 1. The second kappa shape index (κ2) is 8.67. The molecule has 2 amide bonds. The fourth-order valence-electron chi connectivity index (χ4n) is 2.54. The van der Waals surface area contributed by atoms with E-state index in [0.29, 0.717) is 13.1 Å². The van der Waals surface area contributed by atoms with E-state index in [1.54, 1.807) is 0 Å². The molecule has 0 bridgehead atoms. The Morgan fingerprint density at radius 1 is 0.760 bits per heavy atom. The van der Waals surface area contributed by atoms with Gasteiger partial charge in [-0.25, -0.2) is 4.79 Å². The number of urea groups is 1. The summed E-state index contributed by atoms with van der Waals surface area (Å²) in [5, 5.41) is 2.99. The number of nitrogens with zero attached hydrogens (tertiary/aromatic N) is 1. The zero-order valence-electron chi connectivity index (χ0n) is 13.7. The Labute approximate surface area is 161 Å². The number of halogens is 1. The van der Waals surface area contributed by atoms with E-state index in [2.05, 4.69) is 27.9 Å². The van der Waals surface area contributed by atoms with E-state index in [4.69, 9.17) is 0 Å². The molecule has 0 unspecified atom stereocenters. The van der Waals surface area contributed by atoms with Gasteiger partial charge in [0.25, 0.3) is 0 Å². The highest BCUT2D eigenvalue weighted by molar-refractivity contribution is 14.1. The van der Waals surface area contributed by atoms with Crippen LogP contribution in [-0.4, -0.2) is 10.9 Å². The minimum absolute atomic E-state index is 0.103. The summed E-state index contributed by atoms with van der Waals surface area (Å²) in [5.74, 6) is 0. The van der Waals surface area contributed by atoms with Gasteiger partial charge in [-0.3, -0.25) is 0 Å². The van der Waals surface area contributed by atoms with Crippen molar-refractivity contribution >= 4 is 34.3 Å². The number of carbonyl (C=O) groups excluding carboxylic acids is 1. The van der Waals surface area contributed by atoms with Crippen LogP contribution < -0.4 is 5.32 Å². The first-order valence-electron chi connectivity index (χ1n) is 8.10. The molecule has 126 valence electrons. The summed E-state index contributed by atoms with van der Waals surface area (Å²) in [4.78, 5) is 14.6. The van der Waals surface area contributed by atoms with E-state index in [-0.39, 0.29) is 6.03 Å². The molecule has 25 heavy (non-hydrogen) atoms. The molecule has 0 radical (unpaired) electrons. The molecule has 0 aliphatic heterocycles. The van der Waals surface area contributed by atoms with Crippen molar-refractivity contribution in [2.75, 3.05) is 5.32 Å². The predicted molar refractivity (Wildman–Crippen MR) is 110 cm³/mol. The van der Waals surface area contributed by atoms with E-state index < -0.39 is 0 Å². The third-order valence-electron chi connectivity index (χ3n) is 3.82. The number of benzene rings is 3. The Morgan fingerprint density at radius 3 is 1.72 bits per heavy atom. The van der Waals surface area contributed by atoms with Crippen LogP contribution >= 0.6 is 22.6 Å². The lowest BCUT2D eigenvalue weighted by molar-refractivity contribution is 0.206. The van der Waals surface area contributed by atoms with Gasteiger partial charge in [0.15, 0.2) is 0 Å². The molecule has 0 aliphatic rings. The first kappa shape index (κ1) is 17.5. The molecular weight excluding hydrogens is 423 g/mol. The summed E-state index contributed by atoms with van der Waals surface area (Å²) in [7, 11) is 0. The zero-order chi connectivity index (χ0) is 17.5. The fraction of sp³-hybridized carbons (Fsp3) is 0.0952. The van der Waals surface area contributed by atoms with Crippen molar-refractivity contribution in [3.63, 3.8) is 0 Å². The molecule has 0 saturated heterocycles. The van der Waals surface area contributed by atoms with Crippen molar-refractivity contribution in [2.45, 2.75) is 13.1 Å². The fourth-order valence-corrected chi connectivity index (χ4v) is 2.90. The van der Waals surface area contributed by atoms with Gasteiger partial charge in [0, 0.05) is 22.3 Å². The summed E-state index contributed by atoms with van der Waals surface area (Å²) < 4.78 is 1.14.